The molecule has 0 aliphatic rings. The number of hydrogen-bond donors (Lipinski definition) is 2. The van der Waals surface area contributed by atoms with E-state index in [1.54, 1.807) is 19.1 Å². The van der Waals surface area contributed by atoms with Crippen LogP contribution in [0.2, 0.25) is 0 Å². The van der Waals surface area contributed by atoms with E-state index in [0.717, 1.165) is 5.56 Å². The molecule has 0 saturated carbocycles. The highest BCUT2D eigenvalue weighted by molar-refractivity contribution is 7.15. The van der Waals surface area contributed by atoms with E-state index in [4.69, 9.17) is 4.74 Å². The van der Waals surface area contributed by atoms with Gasteiger partial charge in [-0.05, 0) is 42.3 Å². The molecule has 2 rings (SSSR count). The SMILES string of the molecule is CCOC(=O)c1c(CC(C)C)csc1NC(=O)c1ccccc1C(=O)O. The fourth-order valence-corrected chi connectivity index (χ4v) is 3.50. The number of nitrogens with one attached hydrogen (secondary N) is 1. The first-order valence-corrected chi connectivity index (χ1v) is 9.14. The standard InChI is InChI=1S/C19H21NO5S/c1-4-25-19(24)15-12(9-11(2)3)10-26-17(15)20-16(21)13-7-5-6-8-14(13)18(22)23/h5-8,10-11H,4,9H2,1-3H3,(H,20,21)(H,22,23). The average molecular weight is 375 g/mol. The molecule has 0 spiro atoms. The van der Waals surface area contributed by atoms with Crippen molar-refractivity contribution in [1.82, 2.24) is 0 Å². The molecule has 1 aromatic carbocycles. The number of carbonyl (C=O) groups excluding carboxylic acids is 2. The van der Waals surface area contributed by atoms with Crippen LogP contribution in [-0.4, -0.2) is 29.6 Å². The molecule has 0 aliphatic carbocycles. The summed E-state index contributed by atoms with van der Waals surface area (Å²) in [5.74, 6) is -1.93. The van der Waals surface area contributed by atoms with Crippen LogP contribution in [0.15, 0.2) is 29.6 Å². The lowest BCUT2D eigenvalue weighted by Crippen LogP contribution is -2.18. The molecule has 1 aromatic heterocycles. The Kier molecular flexibility index (Phi) is 6.52. The summed E-state index contributed by atoms with van der Waals surface area (Å²) in [5.41, 5.74) is 1.09. The number of esters is 1. The minimum Gasteiger partial charge on any atom is -0.478 e. The van der Waals surface area contributed by atoms with Gasteiger partial charge in [-0.2, -0.15) is 0 Å². The van der Waals surface area contributed by atoms with Gasteiger partial charge in [0.05, 0.1) is 23.3 Å². The molecule has 0 bridgehead atoms. The number of amides is 1. The zero-order chi connectivity index (χ0) is 19.3. The quantitative estimate of drug-likeness (QED) is 0.712. The molecule has 0 unspecified atom stereocenters. The van der Waals surface area contributed by atoms with E-state index in [1.165, 1.54) is 23.5 Å². The number of benzene rings is 1. The Hall–Kier alpha value is -2.67. The van der Waals surface area contributed by atoms with Gasteiger partial charge in [-0.3, -0.25) is 4.79 Å². The fraction of sp³-hybridized carbons (Fsp3) is 0.316. The monoisotopic (exact) mass is 375 g/mol. The van der Waals surface area contributed by atoms with Crippen LogP contribution in [0.5, 0.6) is 0 Å². The highest BCUT2D eigenvalue weighted by atomic mass is 32.1. The Bertz CT molecular complexity index is 825. The number of aromatic carboxylic acids is 1. The largest absolute Gasteiger partial charge is 0.478 e. The molecular formula is C19H21NO5S. The van der Waals surface area contributed by atoms with Gasteiger partial charge in [0.2, 0.25) is 0 Å². The zero-order valence-electron chi connectivity index (χ0n) is 14.9. The molecule has 1 amide bonds. The summed E-state index contributed by atoms with van der Waals surface area (Å²) in [6, 6.07) is 5.94. The van der Waals surface area contributed by atoms with E-state index in [2.05, 4.69) is 5.32 Å². The lowest BCUT2D eigenvalue weighted by atomic mass is 10.0. The van der Waals surface area contributed by atoms with Crippen molar-refractivity contribution >= 4 is 34.2 Å². The van der Waals surface area contributed by atoms with Crippen molar-refractivity contribution in [3.8, 4) is 0 Å². The van der Waals surface area contributed by atoms with Crippen LogP contribution in [-0.2, 0) is 11.2 Å². The highest BCUT2D eigenvalue weighted by Crippen LogP contribution is 2.31. The Balaban J connectivity index is 2.37. The van der Waals surface area contributed by atoms with Crippen molar-refractivity contribution < 1.29 is 24.2 Å². The average Bonchev–Trinajstić information content (AvgIpc) is 2.96. The number of rotatable bonds is 7. The van der Waals surface area contributed by atoms with Crippen LogP contribution in [0.3, 0.4) is 0 Å². The van der Waals surface area contributed by atoms with Crippen molar-refractivity contribution in [3.63, 3.8) is 0 Å². The summed E-state index contributed by atoms with van der Waals surface area (Å²) >= 11 is 1.23. The minimum atomic E-state index is -1.19. The van der Waals surface area contributed by atoms with Gasteiger partial charge in [-0.1, -0.05) is 26.0 Å². The fourth-order valence-electron chi connectivity index (χ4n) is 2.54. The van der Waals surface area contributed by atoms with E-state index >= 15 is 0 Å². The Morgan fingerprint density at radius 2 is 1.85 bits per heavy atom. The number of thiophene rings is 1. The normalized spacial score (nSPS) is 10.6. The molecule has 6 nitrogen and oxygen atoms in total. The van der Waals surface area contributed by atoms with Crippen molar-refractivity contribution in [3.05, 3.63) is 51.9 Å². The molecule has 0 aliphatic heterocycles. The second-order valence-corrected chi connectivity index (χ2v) is 6.97. The second kappa shape index (κ2) is 8.62. The number of carbonyl (C=O) groups is 3. The third-order valence-electron chi connectivity index (χ3n) is 3.60. The topological polar surface area (TPSA) is 92.7 Å². The molecule has 2 N–H and O–H groups in total. The van der Waals surface area contributed by atoms with Crippen LogP contribution >= 0.6 is 11.3 Å². The number of ether oxygens (including phenoxy) is 1. The maximum absolute atomic E-state index is 12.6. The maximum Gasteiger partial charge on any atom is 0.341 e. The summed E-state index contributed by atoms with van der Waals surface area (Å²) in [5, 5.41) is 14.1. The number of carboxylic acids is 1. The summed E-state index contributed by atoms with van der Waals surface area (Å²) in [4.78, 5) is 36.3. The van der Waals surface area contributed by atoms with Gasteiger partial charge in [0.1, 0.15) is 5.00 Å². The summed E-state index contributed by atoms with van der Waals surface area (Å²) in [7, 11) is 0. The smallest absolute Gasteiger partial charge is 0.341 e. The molecule has 2 aromatic rings. The Morgan fingerprint density at radius 3 is 2.42 bits per heavy atom. The van der Waals surface area contributed by atoms with Gasteiger partial charge in [0.25, 0.3) is 5.91 Å². The molecule has 0 fully saturated rings. The van der Waals surface area contributed by atoms with Gasteiger partial charge in [-0.15, -0.1) is 11.3 Å². The first kappa shape index (κ1) is 19.7. The third kappa shape index (κ3) is 4.49. The number of hydrogen-bond acceptors (Lipinski definition) is 5. The molecule has 1 heterocycles. The third-order valence-corrected chi connectivity index (χ3v) is 4.55. The van der Waals surface area contributed by atoms with E-state index < -0.39 is 17.8 Å². The predicted octanol–water partition coefficient (Wildman–Crippen LogP) is 4.07. The highest BCUT2D eigenvalue weighted by Gasteiger charge is 2.24. The van der Waals surface area contributed by atoms with Crippen LogP contribution < -0.4 is 5.32 Å². The molecular weight excluding hydrogens is 354 g/mol. The Morgan fingerprint density at radius 1 is 1.19 bits per heavy atom. The minimum absolute atomic E-state index is 0.0358. The second-order valence-electron chi connectivity index (χ2n) is 6.09. The van der Waals surface area contributed by atoms with Crippen LogP contribution in [0.1, 0.15) is 57.4 Å². The first-order chi connectivity index (χ1) is 12.3. The van der Waals surface area contributed by atoms with Crippen molar-refractivity contribution in [1.29, 1.82) is 0 Å². The molecule has 0 atom stereocenters. The van der Waals surface area contributed by atoms with Crippen molar-refractivity contribution in [2.75, 3.05) is 11.9 Å². The van der Waals surface area contributed by atoms with Crippen LogP contribution in [0.4, 0.5) is 5.00 Å². The maximum atomic E-state index is 12.6. The van der Waals surface area contributed by atoms with E-state index in [9.17, 15) is 19.5 Å². The molecule has 26 heavy (non-hydrogen) atoms. The summed E-state index contributed by atoms with van der Waals surface area (Å²) < 4.78 is 5.12. The van der Waals surface area contributed by atoms with Gasteiger partial charge >= 0.3 is 11.9 Å². The van der Waals surface area contributed by atoms with Crippen LogP contribution in [0, 0.1) is 5.92 Å². The van der Waals surface area contributed by atoms with Gasteiger partial charge in [-0.25, -0.2) is 9.59 Å². The summed E-state index contributed by atoms with van der Waals surface area (Å²) in [6.45, 7) is 6.01. The predicted molar refractivity (Wildman–Crippen MR) is 100 cm³/mol. The van der Waals surface area contributed by atoms with E-state index in [1.807, 2.05) is 19.2 Å². The van der Waals surface area contributed by atoms with Gasteiger partial charge < -0.3 is 15.2 Å². The zero-order valence-corrected chi connectivity index (χ0v) is 15.7. The van der Waals surface area contributed by atoms with Gasteiger partial charge in [0.15, 0.2) is 0 Å². The van der Waals surface area contributed by atoms with Crippen molar-refractivity contribution in [2.45, 2.75) is 27.2 Å². The summed E-state index contributed by atoms with van der Waals surface area (Å²) in [6.07, 6.45) is 0.673. The lowest BCUT2D eigenvalue weighted by molar-refractivity contribution is 0.0526. The molecule has 138 valence electrons. The molecule has 7 heteroatoms. The van der Waals surface area contributed by atoms with E-state index in [0.29, 0.717) is 22.9 Å². The van der Waals surface area contributed by atoms with Crippen molar-refractivity contribution in [2.24, 2.45) is 5.92 Å². The lowest BCUT2D eigenvalue weighted by Gasteiger charge is -2.10. The Labute approximate surface area is 155 Å². The van der Waals surface area contributed by atoms with Gasteiger partial charge in [0, 0.05) is 0 Å². The molecule has 0 saturated heterocycles. The number of carboxylic acid groups (broad SMARTS) is 1. The first-order valence-electron chi connectivity index (χ1n) is 8.26. The van der Waals surface area contributed by atoms with Crippen LogP contribution in [0.25, 0.3) is 0 Å². The van der Waals surface area contributed by atoms with E-state index in [-0.39, 0.29) is 17.7 Å². The number of anilines is 1. The molecule has 0 radical (unpaired) electrons.